The Balaban J connectivity index is 0.00000144. The minimum atomic E-state index is 0. The van der Waals surface area contributed by atoms with Crippen molar-refractivity contribution in [1.29, 1.82) is 0 Å². The number of aryl methyl sites for hydroxylation is 2. The Morgan fingerprint density at radius 2 is 2.18 bits per heavy atom. The summed E-state index contributed by atoms with van der Waals surface area (Å²) in [6, 6.07) is 0.341. The van der Waals surface area contributed by atoms with Crippen LogP contribution < -0.4 is 5.32 Å². The van der Waals surface area contributed by atoms with E-state index in [1.807, 2.05) is 25.8 Å². The Hall–Kier alpha value is -1.07. The Labute approximate surface area is 107 Å². The van der Waals surface area contributed by atoms with Gasteiger partial charge in [-0.15, -0.1) is 12.4 Å². The Bertz CT molecular complexity index is 382. The molecule has 1 N–H and O–H groups in total. The van der Waals surface area contributed by atoms with Crippen molar-refractivity contribution in [2.75, 3.05) is 20.1 Å². The van der Waals surface area contributed by atoms with Gasteiger partial charge in [0.2, 0.25) is 5.91 Å². The number of carbonyl (C=O) groups is 1. The van der Waals surface area contributed by atoms with Gasteiger partial charge in [0.25, 0.3) is 0 Å². The highest BCUT2D eigenvalue weighted by atomic mass is 35.5. The third-order valence-electron chi connectivity index (χ3n) is 3.21. The maximum atomic E-state index is 12.0. The highest BCUT2D eigenvalue weighted by Crippen LogP contribution is 2.14. The first kappa shape index (κ1) is 14.0. The molecule has 1 aromatic heterocycles. The van der Waals surface area contributed by atoms with Crippen LogP contribution >= 0.6 is 12.4 Å². The molecular formula is C11H18ClN3O2. The van der Waals surface area contributed by atoms with Crippen molar-refractivity contribution in [3.05, 3.63) is 17.0 Å². The predicted octanol–water partition coefficient (Wildman–Crippen LogP) is 0.686. The molecule has 1 aliphatic heterocycles. The smallest absolute Gasteiger partial charge is 0.227 e. The molecule has 0 radical (unpaired) electrons. The van der Waals surface area contributed by atoms with E-state index in [-0.39, 0.29) is 18.3 Å². The Morgan fingerprint density at radius 3 is 2.59 bits per heavy atom. The summed E-state index contributed by atoms with van der Waals surface area (Å²) in [6.07, 6.45) is 0.383. The molecule has 0 saturated carbocycles. The zero-order valence-corrected chi connectivity index (χ0v) is 11.1. The van der Waals surface area contributed by atoms with Gasteiger partial charge >= 0.3 is 0 Å². The Morgan fingerprint density at radius 1 is 1.53 bits per heavy atom. The van der Waals surface area contributed by atoms with Crippen LogP contribution in [0.3, 0.4) is 0 Å². The van der Waals surface area contributed by atoms with E-state index < -0.39 is 0 Å². The van der Waals surface area contributed by atoms with Crippen molar-refractivity contribution in [1.82, 2.24) is 15.4 Å². The number of rotatable bonds is 3. The van der Waals surface area contributed by atoms with Crippen LogP contribution in [0.5, 0.6) is 0 Å². The molecule has 0 aromatic carbocycles. The van der Waals surface area contributed by atoms with E-state index in [4.69, 9.17) is 4.52 Å². The molecule has 96 valence electrons. The highest BCUT2D eigenvalue weighted by molar-refractivity contribution is 5.85. The number of hydrogen-bond acceptors (Lipinski definition) is 4. The van der Waals surface area contributed by atoms with Gasteiger partial charge in [-0.05, 0) is 13.8 Å². The molecule has 0 unspecified atom stereocenters. The number of halogens is 1. The third-order valence-corrected chi connectivity index (χ3v) is 3.21. The van der Waals surface area contributed by atoms with Crippen LogP contribution in [0, 0.1) is 13.8 Å². The fourth-order valence-electron chi connectivity index (χ4n) is 1.78. The van der Waals surface area contributed by atoms with Gasteiger partial charge in [0, 0.05) is 25.7 Å². The van der Waals surface area contributed by atoms with Crippen LogP contribution in [0.15, 0.2) is 4.52 Å². The van der Waals surface area contributed by atoms with Gasteiger partial charge in [-0.3, -0.25) is 4.79 Å². The number of nitrogens with zero attached hydrogens (tertiary/aromatic N) is 2. The van der Waals surface area contributed by atoms with Gasteiger partial charge < -0.3 is 14.7 Å². The van der Waals surface area contributed by atoms with Crippen LogP contribution in [0.1, 0.15) is 17.0 Å². The summed E-state index contributed by atoms with van der Waals surface area (Å²) in [5, 5.41) is 7.00. The van der Waals surface area contributed by atoms with Crippen molar-refractivity contribution in [3.8, 4) is 0 Å². The summed E-state index contributed by atoms with van der Waals surface area (Å²) in [5.41, 5.74) is 1.73. The van der Waals surface area contributed by atoms with E-state index in [2.05, 4.69) is 10.5 Å². The number of likely N-dealkylation sites (N-methyl/N-ethyl adjacent to an activating group) is 1. The number of hydrogen-bond donors (Lipinski definition) is 1. The molecule has 2 rings (SSSR count). The minimum absolute atomic E-state index is 0. The average Bonchev–Trinajstić information content (AvgIpc) is 2.46. The molecule has 0 aliphatic carbocycles. The molecule has 5 nitrogen and oxygen atoms in total. The molecule has 1 aromatic rings. The van der Waals surface area contributed by atoms with Gasteiger partial charge in [-0.1, -0.05) is 5.16 Å². The summed E-state index contributed by atoms with van der Waals surface area (Å²) < 4.78 is 5.04. The molecule has 1 aliphatic rings. The van der Waals surface area contributed by atoms with Gasteiger partial charge in [0.15, 0.2) is 0 Å². The second-order valence-corrected chi connectivity index (χ2v) is 4.30. The summed E-state index contributed by atoms with van der Waals surface area (Å²) in [4.78, 5) is 13.8. The highest BCUT2D eigenvalue weighted by Gasteiger charge is 2.26. The first-order valence-electron chi connectivity index (χ1n) is 5.47. The van der Waals surface area contributed by atoms with Crippen LogP contribution in [-0.2, 0) is 11.2 Å². The van der Waals surface area contributed by atoms with Crippen LogP contribution in [0.4, 0.5) is 0 Å². The second kappa shape index (κ2) is 5.51. The number of amides is 1. The van der Waals surface area contributed by atoms with Gasteiger partial charge in [-0.2, -0.15) is 0 Å². The summed E-state index contributed by atoms with van der Waals surface area (Å²) in [7, 11) is 1.85. The number of aromatic nitrogens is 1. The fourth-order valence-corrected chi connectivity index (χ4v) is 1.78. The zero-order valence-electron chi connectivity index (χ0n) is 10.3. The molecule has 0 bridgehead atoms. The second-order valence-electron chi connectivity index (χ2n) is 4.30. The lowest BCUT2D eigenvalue weighted by Crippen LogP contribution is -2.57. The third kappa shape index (κ3) is 2.79. The summed E-state index contributed by atoms with van der Waals surface area (Å²) >= 11 is 0. The SMILES string of the molecule is Cc1noc(C)c1CC(=O)N(C)C1CNC1.Cl. The maximum absolute atomic E-state index is 12.0. The number of nitrogens with one attached hydrogen (secondary N) is 1. The first-order valence-corrected chi connectivity index (χ1v) is 5.47. The van der Waals surface area contributed by atoms with Gasteiger partial charge in [0.1, 0.15) is 5.76 Å². The molecule has 0 atom stereocenters. The van der Waals surface area contributed by atoms with Gasteiger partial charge in [-0.25, -0.2) is 0 Å². The number of carbonyl (C=O) groups excluding carboxylic acids is 1. The fraction of sp³-hybridized carbons (Fsp3) is 0.636. The molecule has 0 spiro atoms. The largest absolute Gasteiger partial charge is 0.361 e. The van der Waals surface area contributed by atoms with E-state index in [0.717, 1.165) is 30.1 Å². The average molecular weight is 260 g/mol. The van der Waals surface area contributed by atoms with E-state index in [1.54, 1.807) is 0 Å². The normalized spacial score (nSPS) is 15.0. The molecule has 17 heavy (non-hydrogen) atoms. The first-order chi connectivity index (χ1) is 7.59. The summed E-state index contributed by atoms with van der Waals surface area (Å²) in [5.74, 6) is 0.867. The lowest BCUT2D eigenvalue weighted by Gasteiger charge is -2.35. The predicted molar refractivity (Wildman–Crippen MR) is 66.4 cm³/mol. The van der Waals surface area contributed by atoms with Crippen molar-refractivity contribution in [3.63, 3.8) is 0 Å². The minimum Gasteiger partial charge on any atom is -0.361 e. The van der Waals surface area contributed by atoms with Crippen molar-refractivity contribution >= 4 is 18.3 Å². The van der Waals surface area contributed by atoms with Crippen molar-refractivity contribution < 1.29 is 9.32 Å². The van der Waals surface area contributed by atoms with E-state index in [9.17, 15) is 4.79 Å². The standard InChI is InChI=1S/C11H17N3O2.ClH/c1-7-10(8(2)16-13-7)4-11(15)14(3)9-5-12-6-9;/h9,12H,4-6H2,1-3H3;1H. The van der Waals surface area contributed by atoms with E-state index in [0.29, 0.717) is 12.5 Å². The van der Waals surface area contributed by atoms with Crippen LogP contribution in [0.2, 0.25) is 0 Å². The van der Waals surface area contributed by atoms with E-state index >= 15 is 0 Å². The summed E-state index contributed by atoms with van der Waals surface area (Å²) in [6.45, 7) is 5.49. The zero-order chi connectivity index (χ0) is 11.7. The van der Waals surface area contributed by atoms with Crippen molar-refractivity contribution in [2.24, 2.45) is 0 Å². The lowest BCUT2D eigenvalue weighted by molar-refractivity contribution is -0.132. The molecule has 1 fully saturated rings. The molecular weight excluding hydrogens is 242 g/mol. The van der Waals surface area contributed by atoms with Gasteiger partial charge in [0.05, 0.1) is 18.2 Å². The topological polar surface area (TPSA) is 58.4 Å². The molecule has 1 amide bonds. The monoisotopic (exact) mass is 259 g/mol. The molecule has 2 heterocycles. The maximum Gasteiger partial charge on any atom is 0.227 e. The van der Waals surface area contributed by atoms with Crippen LogP contribution in [0.25, 0.3) is 0 Å². The van der Waals surface area contributed by atoms with Crippen molar-refractivity contribution in [2.45, 2.75) is 26.3 Å². The van der Waals surface area contributed by atoms with Crippen LogP contribution in [-0.4, -0.2) is 42.1 Å². The quantitative estimate of drug-likeness (QED) is 0.868. The molecule has 1 saturated heterocycles. The lowest BCUT2D eigenvalue weighted by atomic mass is 10.1. The Kier molecular flexibility index (Phi) is 4.54. The van der Waals surface area contributed by atoms with E-state index in [1.165, 1.54) is 0 Å². The molecule has 6 heteroatoms.